The van der Waals surface area contributed by atoms with Crippen LogP contribution in [-0.4, -0.2) is 37.0 Å². The molecule has 0 heterocycles. The fraction of sp³-hybridized carbons (Fsp3) is 0.611. The van der Waals surface area contributed by atoms with Gasteiger partial charge in [0.2, 0.25) is 5.91 Å². The maximum absolute atomic E-state index is 12.8. The molecule has 1 saturated carbocycles. The molecule has 0 bridgehead atoms. The molecule has 1 fully saturated rings. The number of carbonyl (C=O) groups is 1. The third-order valence-corrected chi connectivity index (χ3v) is 4.49. The van der Waals surface area contributed by atoms with Crippen LogP contribution in [0.15, 0.2) is 24.3 Å². The van der Waals surface area contributed by atoms with Crippen LogP contribution in [0.25, 0.3) is 0 Å². The van der Waals surface area contributed by atoms with Gasteiger partial charge >= 0.3 is 0 Å². The summed E-state index contributed by atoms with van der Waals surface area (Å²) in [5, 5.41) is 2.96. The maximum atomic E-state index is 12.8. The normalized spacial score (nSPS) is 16.5. The van der Waals surface area contributed by atoms with E-state index in [1.165, 1.54) is 50.7 Å². The molecule has 0 spiro atoms. The van der Waals surface area contributed by atoms with Gasteiger partial charge < -0.3 is 5.32 Å². The molecule has 3 nitrogen and oxygen atoms in total. The van der Waals surface area contributed by atoms with Crippen molar-refractivity contribution in [2.45, 2.75) is 51.0 Å². The lowest BCUT2D eigenvalue weighted by Gasteiger charge is -2.26. The third kappa shape index (κ3) is 5.76. The minimum atomic E-state index is -0.224. The first kappa shape index (κ1) is 16.9. The van der Waals surface area contributed by atoms with Crippen molar-refractivity contribution in [1.29, 1.82) is 0 Å². The summed E-state index contributed by atoms with van der Waals surface area (Å²) in [4.78, 5) is 14.2. The van der Waals surface area contributed by atoms with Crippen LogP contribution in [0.2, 0.25) is 0 Å². The summed E-state index contributed by atoms with van der Waals surface area (Å²) < 4.78 is 12.8. The summed E-state index contributed by atoms with van der Waals surface area (Å²) in [5.41, 5.74) is 1.04. The van der Waals surface area contributed by atoms with Crippen molar-refractivity contribution in [1.82, 2.24) is 10.2 Å². The van der Waals surface area contributed by atoms with Crippen LogP contribution in [0.3, 0.4) is 0 Å². The van der Waals surface area contributed by atoms with E-state index in [1.807, 2.05) is 0 Å². The molecule has 122 valence electrons. The van der Waals surface area contributed by atoms with Gasteiger partial charge in [0.25, 0.3) is 0 Å². The monoisotopic (exact) mass is 306 g/mol. The minimum absolute atomic E-state index is 0.0776. The van der Waals surface area contributed by atoms with E-state index in [0.29, 0.717) is 19.1 Å². The molecule has 2 rings (SSSR count). The van der Waals surface area contributed by atoms with Gasteiger partial charge in [-0.2, -0.15) is 0 Å². The number of likely N-dealkylation sites (N-methyl/N-ethyl adjacent to an activating group) is 1. The second kappa shape index (κ2) is 8.89. The molecule has 4 heteroatoms. The lowest BCUT2D eigenvalue weighted by molar-refractivity contribution is -0.122. The number of nitrogens with one attached hydrogen (secondary N) is 1. The third-order valence-electron chi connectivity index (χ3n) is 4.49. The molecule has 1 aromatic carbocycles. The van der Waals surface area contributed by atoms with Gasteiger partial charge in [0.15, 0.2) is 0 Å². The van der Waals surface area contributed by atoms with Crippen molar-refractivity contribution in [2.75, 3.05) is 20.1 Å². The molecular weight excluding hydrogens is 279 g/mol. The zero-order valence-electron chi connectivity index (χ0n) is 13.5. The summed E-state index contributed by atoms with van der Waals surface area (Å²) in [6.45, 7) is 1.07. The highest BCUT2D eigenvalue weighted by atomic mass is 19.1. The number of hydrogen-bond donors (Lipinski definition) is 1. The lowest BCUT2D eigenvalue weighted by atomic mass is 10.1. The Morgan fingerprint density at radius 2 is 1.82 bits per heavy atom. The number of nitrogens with zero attached hydrogens (tertiary/aromatic N) is 1. The molecule has 0 unspecified atom stereocenters. The van der Waals surface area contributed by atoms with Crippen molar-refractivity contribution < 1.29 is 9.18 Å². The van der Waals surface area contributed by atoms with Crippen molar-refractivity contribution in [3.05, 3.63) is 35.6 Å². The van der Waals surface area contributed by atoms with E-state index in [4.69, 9.17) is 0 Å². The highest BCUT2D eigenvalue weighted by molar-refractivity contribution is 5.78. The Morgan fingerprint density at radius 3 is 2.45 bits per heavy atom. The summed E-state index contributed by atoms with van der Waals surface area (Å²) >= 11 is 0. The van der Waals surface area contributed by atoms with E-state index in [1.54, 1.807) is 12.1 Å². The molecule has 1 aliphatic carbocycles. The number of hydrogen-bond acceptors (Lipinski definition) is 2. The van der Waals surface area contributed by atoms with Crippen LogP contribution < -0.4 is 5.32 Å². The van der Waals surface area contributed by atoms with Crippen LogP contribution in [0.5, 0.6) is 0 Å². The predicted octanol–water partition coefficient (Wildman–Crippen LogP) is 3.14. The average molecular weight is 306 g/mol. The van der Waals surface area contributed by atoms with Crippen molar-refractivity contribution in [3.8, 4) is 0 Å². The molecule has 0 radical (unpaired) electrons. The van der Waals surface area contributed by atoms with E-state index in [-0.39, 0.29) is 11.7 Å². The van der Waals surface area contributed by atoms with E-state index in [0.717, 1.165) is 12.0 Å². The zero-order chi connectivity index (χ0) is 15.8. The van der Waals surface area contributed by atoms with Gasteiger partial charge in [-0.05, 0) is 44.0 Å². The second-order valence-electron chi connectivity index (χ2n) is 6.29. The quantitative estimate of drug-likeness (QED) is 0.819. The Bertz CT molecular complexity index is 453. The predicted molar refractivity (Wildman–Crippen MR) is 87.2 cm³/mol. The second-order valence-corrected chi connectivity index (χ2v) is 6.29. The largest absolute Gasteiger partial charge is 0.355 e. The highest BCUT2D eigenvalue weighted by Crippen LogP contribution is 2.20. The molecule has 0 aromatic heterocycles. The van der Waals surface area contributed by atoms with E-state index >= 15 is 0 Å². The molecule has 1 amide bonds. The first-order chi connectivity index (χ1) is 10.6. The van der Waals surface area contributed by atoms with Gasteiger partial charge in [0, 0.05) is 12.6 Å². The summed E-state index contributed by atoms with van der Waals surface area (Å²) in [6, 6.07) is 6.98. The van der Waals surface area contributed by atoms with E-state index < -0.39 is 0 Å². The van der Waals surface area contributed by atoms with Crippen molar-refractivity contribution in [2.24, 2.45) is 0 Å². The minimum Gasteiger partial charge on any atom is -0.355 e. The van der Waals surface area contributed by atoms with Gasteiger partial charge in [0.1, 0.15) is 5.82 Å². The Kier molecular flexibility index (Phi) is 6.84. The molecule has 1 N–H and O–H groups in total. The summed E-state index contributed by atoms with van der Waals surface area (Å²) in [6.07, 6.45) is 8.36. The van der Waals surface area contributed by atoms with E-state index in [9.17, 15) is 9.18 Å². The van der Waals surface area contributed by atoms with E-state index in [2.05, 4.69) is 17.3 Å². The highest BCUT2D eigenvalue weighted by Gasteiger charge is 2.18. The van der Waals surface area contributed by atoms with Crippen molar-refractivity contribution in [3.63, 3.8) is 0 Å². The first-order valence-corrected chi connectivity index (χ1v) is 8.36. The standard InChI is InChI=1S/C18H27FN2O/c1-21(17-6-4-2-3-5-7-17)14-18(22)20-13-12-15-8-10-16(19)11-9-15/h8-11,17H,2-7,12-14H2,1H3,(H,20,22). The SMILES string of the molecule is CN(CC(=O)NCCc1ccc(F)cc1)C1CCCCCC1. The fourth-order valence-electron chi connectivity index (χ4n) is 3.11. The molecule has 0 aliphatic heterocycles. The van der Waals surface area contributed by atoms with Gasteiger partial charge in [-0.1, -0.05) is 37.8 Å². The van der Waals surface area contributed by atoms with Gasteiger partial charge in [-0.25, -0.2) is 4.39 Å². The van der Waals surface area contributed by atoms with Crippen LogP contribution in [0.4, 0.5) is 4.39 Å². The molecule has 1 aromatic rings. The van der Waals surface area contributed by atoms with Gasteiger partial charge in [-0.15, -0.1) is 0 Å². The Hall–Kier alpha value is -1.42. The lowest BCUT2D eigenvalue weighted by Crippen LogP contribution is -2.41. The topological polar surface area (TPSA) is 32.3 Å². The number of amides is 1. The first-order valence-electron chi connectivity index (χ1n) is 8.36. The van der Waals surface area contributed by atoms with Crippen LogP contribution in [0, 0.1) is 5.82 Å². The number of benzene rings is 1. The summed E-state index contributed by atoms with van der Waals surface area (Å²) in [7, 11) is 2.05. The molecule has 22 heavy (non-hydrogen) atoms. The molecule has 0 saturated heterocycles. The average Bonchev–Trinajstić information content (AvgIpc) is 2.78. The van der Waals surface area contributed by atoms with Crippen LogP contribution >= 0.6 is 0 Å². The van der Waals surface area contributed by atoms with Gasteiger partial charge in [-0.3, -0.25) is 9.69 Å². The maximum Gasteiger partial charge on any atom is 0.234 e. The zero-order valence-corrected chi connectivity index (χ0v) is 13.5. The number of rotatable bonds is 6. The fourth-order valence-corrected chi connectivity index (χ4v) is 3.11. The molecule has 1 aliphatic rings. The smallest absolute Gasteiger partial charge is 0.234 e. The molecule has 0 atom stereocenters. The van der Waals surface area contributed by atoms with Crippen LogP contribution in [0.1, 0.15) is 44.1 Å². The Balaban J connectivity index is 1.67. The molecular formula is C18H27FN2O. The van der Waals surface area contributed by atoms with Crippen molar-refractivity contribution >= 4 is 5.91 Å². The van der Waals surface area contributed by atoms with Crippen LogP contribution in [-0.2, 0) is 11.2 Å². The van der Waals surface area contributed by atoms with Gasteiger partial charge in [0.05, 0.1) is 6.54 Å². The number of carbonyl (C=O) groups excluding carboxylic acids is 1. The summed E-state index contributed by atoms with van der Waals surface area (Å²) in [5.74, 6) is -0.147. The Labute approximate surface area is 132 Å². The number of halogens is 1. The Morgan fingerprint density at radius 1 is 1.18 bits per heavy atom.